The zero-order chi connectivity index (χ0) is 10.8. The van der Waals surface area contributed by atoms with Gasteiger partial charge in [0.2, 0.25) is 0 Å². The van der Waals surface area contributed by atoms with Crippen molar-refractivity contribution in [2.24, 2.45) is 10.3 Å². The highest BCUT2D eigenvalue weighted by Crippen LogP contribution is 2.34. The average molecular weight is 217 g/mol. The van der Waals surface area contributed by atoms with E-state index in [2.05, 4.69) is 15.7 Å². The predicted molar refractivity (Wildman–Crippen MR) is 50.5 cm³/mol. The summed E-state index contributed by atoms with van der Waals surface area (Å²) in [6.07, 6.45) is 0.556. The van der Waals surface area contributed by atoms with Crippen LogP contribution in [0.1, 0.15) is 12.8 Å². The van der Waals surface area contributed by atoms with Crippen LogP contribution in [0.3, 0.4) is 0 Å². The van der Waals surface area contributed by atoms with Gasteiger partial charge in [0.1, 0.15) is 0 Å². The van der Waals surface area contributed by atoms with E-state index in [9.17, 15) is 13.2 Å². The van der Waals surface area contributed by atoms with Crippen molar-refractivity contribution in [1.29, 1.82) is 0 Å². The lowest BCUT2D eigenvalue weighted by Crippen LogP contribution is -2.39. The molecule has 0 aromatic rings. The first kappa shape index (κ1) is 10.9. The van der Waals surface area contributed by atoms with Gasteiger partial charge in [-0.05, 0) is 25.3 Å². The van der Waals surface area contributed by atoms with E-state index in [0.29, 0.717) is 0 Å². The quantitative estimate of drug-likeness (QED) is 0.497. The zero-order valence-electron chi connectivity index (χ0n) is 7.76. The van der Waals surface area contributed by atoms with Crippen LogP contribution in [0.2, 0.25) is 0 Å². The summed E-state index contributed by atoms with van der Waals surface area (Å²) in [7, 11) is -2.22. The van der Waals surface area contributed by atoms with Crippen molar-refractivity contribution < 1.29 is 17.9 Å². The van der Waals surface area contributed by atoms with Crippen LogP contribution in [-0.2, 0) is 19.6 Å². The molecular weight excluding hydrogens is 206 g/mol. The lowest BCUT2D eigenvalue weighted by Gasteiger charge is -2.30. The van der Waals surface area contributed by atoms with E-state index < -0.39 is 15.3 Å². The van der Waals surface area contributed by atoms with Gasteiger partial charge in [-0.3, -0.25) is 4.79 Å². The summed E-state index contributed by atoms with van der Waals surface area (Å²) >= 11 is 0. The van der Waals surface area contributed by atoms with Gasteiger partial charge in [0.25, 0.3) is 10.0 Å². The van der Waals surface area contributed by atoms with Gasteiger partial charge in [-0.15, -0.1) is 4.40 Å². The molecule has 0 amide bonds. The first-order chi connectivity index (χ1) is 6.51. The van der Waals surface area contributed by atoms with Crippen molar-refractivity contribution in [1.82, 2.24) is 0 Å². The third-order valence-corrected chi connectivity index (χ3v) is 3.85. The molecular formula is C8H11NO4S. The second-order valence-corrected chi connectivity index (χ2v) is 4.96. The van der Waals surface area contributed by atoms with Crippen molar-refractivity contribution in [2.75, 3.05) is 7.11 Å². The number of nitrogens with zero attached hydrogens (tertiary/aromatic N) is 1. The number of rotatable bonds is 3. The highest BCUT2D eigenvalue weighted by molar-refractivity contribution is 7.90. The number of carbonyl (C=O) groups excluding carboxylic acids is 1. The van der Waals surface area contributed by atoms with Crippen LogP contribution in [0.15, 0.2) is 11.0 Å². The minimum Gasteiger partial charge on any atom is -0.469 e. The molecule has 0 spiro atoms. The maximum atomic E-state index is 11.2. The van der Waals surface area contributed by atoms with Crippen LogP contribution in [0, 0.1) is 5.92 Å². The molecule has 0 aromatic heterocycles. The molecule has 78 valence electrons. The van der Waals surface area contributed by atoms with Crippen LogP contribution >= 0.6 is 0 Å². The van der Waals surface area contributed by atoms with Gasteiger partial charge < -0.3 is 4.74 Å². The van der Waals surface area contributed by atoms with Crippen molar-refractivity contribution in [3.63, 3.8) is 0 Å². The molecule has 0 N–H and O–H groups in total. The van der Waals surface area contributed by atoms with Gasteiger partial charge in [0.15, 0.2) is 0 Å². The van der Waals surface area contributed by atoms with Crippen molar-refractivity contribution in [2.45, 2.75) is 18.1 Å². The first-order valence-electron chi connectivity index (χ1n) is 4.07. The molecule has 1 rings (SSSR count). The number of ether oxygens (including phenoxy) is 1. The Hall–Kier alpha value is -1.13. The summed E-state index contributed by atoms with van der Waals surface area (Å²) in [5.41, 5.74) is 0. The lowest BCUT2D eigenvalue weighted by atomic mass is 9.85. The van der Waals surface area contributed by atoms with E-state index in [1.54, 1.807) is 0 Å². The van der Waals surface area contributed by atoms with Gasteiger partial charge in [0.05, 0.1) is 18.3 Å². The minimum absolute atomic E-state index is 0.278. The smallest absolute Gasteiger partial charge is 0.308 e. The number of esters is 1. The number of methoxy groups -OCH3 is 1. The molecule has 0 unspecified atom stereocenters. The molecule has 1 fully saturated rings. The molecule has 0 radical (unpaired) electrons. The van der Waals surface area contributed by atoms with Crippen LogP contribution in [0.4, 0.5) is 0 Å². The molecule has 0 heterocycles. The second-order valence-electron chi connectivity index (χ2n) is 3.08. The SMILES string of the molecule is C=C=NS(=O)(=O)[C@H]1C[C@H](C(=O)OC)C1. The fraction of sp³-hybridized carbons (Fsp3) is 0.625. The Labute approximate surface area is 82.5 Å². The summed E-state index contributed by atoms with van der Waals surface area (Å²) < 4.78 is 30.1. The molecule has 0 bridgehead atoms. The average Bonchev–Trinajstić information content (AvgIpc) is 2.00. The molecule has 1 saturated carbocycles. The van der Waals surface area contributed by atoms with E-state index in [0.717, 1.165) is 0 Å². The Kier molecular flexibility index (Phi) is 3.08. The third-order valence-electron chi connectivity index (χ3n) is 2.24. The van der Waals surface area contributed by atoms with Gasteiger partial charge >= 0.3 is 5.97 Å². The van der Waals surface area contributed by atoms with Crippen molar-refractivity contribution >= 4 is 21.9 Å². The zero-order valence-corrected chi connectivity index (χ0v) is 8.58. The molecule has 14 heavy (non-hydrogen) atoms. The molecule has 0 saturated heterocycles. The molecule has 5 nitrogen and oxygen atoms in total. The summed E-state index contributed by atoms with van der Waals surface area (Å²) in [5.74, 6) is 1.32. The monoisotopic (exact) mass is 217 g/mol. The molecule has 1 aliphatic carbocycles. The van der Waals surface area contributed by atoms with Crippen LogP contribution < -0.4 is 0 Å². The maximum absolute atomic E-state index is 11.2. The van der Waals surface area contributed by atoms with Crippen LogP contribution in [0.25, 0.3) is 0 Å². The van der Waals surface area contributed by atoms with E-state index in [1.165, 1.54) is 7.11 Å². The Morgan fingerprint density at radius 1 is 1.57 bits per heavy atom. The van der Waals surface area contributed by atoms with E-state index in [1.807, 2.05) is 5.87 Å². The van der Waals surface area contributed by atoms with Crippen molar-refractivity contribution in [3.05, 3.63) is 6.58 Å². The fourth-order valence-corrected chi connectivity index (χ4v) is 2.61. The third kappa shape index (κ3) is 2.02. The van der Waals surface area contributed by atoms with Crippen LogP contribution in [-0.4, -0.2) is 32.6 Å². The predicted octanol–water partition coefficient (Wildman–Crippen LogP) is 0.124. The summed E-state index contributed by atoms with van der Waals surface area (Å²) in [6.45, 7) is 3.09. The fourth-order valence-electron chi connectivity index (χ4n) is 1.33. The molecule has 0 aromatic carbocycles. The molecule has 6 heteroatoms. The number of hydrogen-bond donors (Lipinski definition) is 0. The minimum atomic E-state index is -3.50. The van der Waals surface area contributed by atoms with E-state index in [4.69, 9.17) is 0 Å². The van der Waals surface area contributed by atoms with E-state index >= 15 is 0 Å². The summed E-state index contributed by atoms with van der Waals surface area (Å²) in [6, 6.07) is 0. The molecule has 0 aliphatic heterocycles. The molecule has 0 atom stereocenters. The Morgan fingerprint density at radius 3 is 2.57 bits per heavy atom. The number of hydrogen-bond acceptors (Lipinski definition) is 4. The number of sulfonamides is 1. The summed E-state index contributed by atoms with van der Waals surface area (Å²) in [4.78, 5) is 10.9. The number of carbonyl (C=O) groups is 1. The largest absolute Gasteiger partial charge is 0.469 e. The Bertz CT molecular complexity index is 374. The topological polar surface area (TPSA) is 72.8 Å². The van der Waals surface area contributed by atoms with Gasteiger partial charge in [0, 0.05) is 0 Å². The molecule has 1 aliphatic rings. The second kappa shape index (κ2) is 3.94. The standard InChI is InChI=1S/C8H11NO4S/c1-3-9-14(11,12)7-4-6(5-7)8(10)13-2/h6-7H,1,4-5H2,2H3/t6-,7-. The lowest BCUT2D eigenvalue weighted by molar-refractivity contribution is -0.148. The van der Waals surface area contributed by atoms with Gasteiger partial charge in [-0.1, -0.05) is 0 Å². The van der Waals surface area contributed by atoms with Crippen molar-refractivity contribution in [3.8, 4) is 0 Å². The van der Waals surface area contributed by atoms with E-state index in [-0.39, 0.29) is 24.7 Å². The highest BCUT2D eigenvalue weighted by Gasteiger charge is 2.42. The van der Waals surface area contributed by atoms with Gasteiger partial charge in [-0.2, -0.15) is 0 Å². The Morgan fingerprint density at radius 2 is 2.14 bits per heavy atom. The van der Waals surface area contributed by atoms with Crippen LogP contribution in [0.5, 0.6) is 0 Å². The highest BCUT2D eigenvalue weighted by atomic mass is 32.2. The maximum Gasteiger partial charge on any atom is 0.308 e. The van der Waals surface area contributed by atoms with Gasteiger partial charge in [-0.25, -0.2) is 8.42 Å². The summed E-state index contributed by atoms with van der Waals surface area (Å²) in [5, 5.41) is -0.583. The Balaban J connectivity index is 2.57. The normalized spacial score (nSPS) is 25.8. The first-order valence-corrected chi connectivity index (χ1v) is 5.57.